The molecule has 0 bridgehead atoms. The highest BCUT2D eigenvalue weighted by Gasteiger charge is 2.25. The van der Waals surface area contributed by atoms with Gasteiger partial charge in [-0.3, -0.25) is 4.79 Å². The zero-order valence-electron chi connectivity index (χ0n) is 11.4. The van der Waals surface area contributed by atoms with E-state index in [1.165, 1.54) is 18.9 Å². The highest BCUT2D eigenvalue weighted by atomic mass is 19.1. The molecule has 0 saturated heterocycles. The van der Waals surface area contributed by atoms with Crippen LogP contribution in [0.1, 0.15) is 23.2 Å². The molecule has 0 aliphatic heterocycles. The van der Waals surface area contributed by atoms with Crippen molar-refractivity contribution in [3.05, 3.63) is 47.8 Å². The van der Waals surface area contributed by atoms with Crippen molar-refractivity contribution in [1.29, 1.82) is 0 Å². The lowest BCUT2D eigenvalue weighted by Crippen LogP contribution is -2.11. The Hall–Kier alpha value is -2.36. The maximum Gasteiger partial charge on any atom is 0.249 e. The number of hydrogen-bond donors (Lipinski definition) is 1. The number of rotatable bonds is 3. The Morgan fingerprint density at radius 3 is 2.81 bits per heavy atom. The van der Waals surface area contributed by atoms with Gasteiger partial charge in [-0.25, -0.2) is 4.39 Å². The van der Waals surface area contributed by atoms with E-state index in [1.54, 1.807) is 12.1 Å². The summed E-state index contributed by atoms with van der Waals surface area (Å²) in [5, 5.41) is 1.35. The Bertz CT molecular complexity index is 877. The van der Waals surface area contributed by atoms with E-state index in [1.807, 2.05) is 12.1 Å². The van der Waals surface area contributed by atoms with Gasteiger partial charge in [0.1, 0.15) is 5.82 Å². The van der Waals surface area contributed by atoms with Crippen molar-refractivity contribution in [2.45, 2.75) is 19.4 Å². The van der Waals surface area contributed by atoms with E-state index < -0.39 is 11.7 Å². The molecule has 1 aromatic heterocycles. The van der Waals surface area contributed by atoms with Crippen molar-refractivity contribution in [3.63, 3.8) is 0 Å². The molecular formula is C17H14FN2O. The molecule has 4 rings (SSSR count). The van der Waals surface area contributed by atoms with Gasteiger partial charge in [-0.2, -0.15) is 0 Å². The number of aromatic nitrogens is 1. The molecule has 3 nitrogen and oxygen atoms in total. The normalized spacial score (nSPS) is 14.9. The summed E-state index contributed by atoms with van der Waals surface area (Å²) < 4.78 is 15.8. The fourth-order valence-electron chi connectivity index (χ4n) is 2.99. The predicted octanol–water partition coefficient (Wildman–Crippen LogP) is 3.24. The SMILES string of the molecule is NC(=O)c1cccc2c1c1[c]c(F)ccc1n2CC1CC1. The molecule has 21 heavy (non-hydrogen) atoms. The highest BCUT2D eigenvalue weighted by Crippen LogP contribution is 2.37. The fraction of sp³-hybridized carbons (Fsp3) is 0.235. The molecule has 0 unspecified atom stereocenters. The number of fused-ring (bicyclic) bond motifs is 3. The summed E-state index contributed by atoms with van der Waals surface area (Å²) in [6.45, 7) is 0.891. The molecule has 1 fully saturated rings. The van der Waals surface area contributed by atoms with Crippen LogP contribution in [0.3, 0.4) is 0 Å². The lowest BCUT2D eigenvalue weighted by Gasteiger charge is -2.06. The Labute approximate surface area is 121 Å². The summed E-state index contributed by atoms with van der Waals surface area (Å²) in [5.74, 6) is -0.248. The van der Waals surface area contributed by atoms with E-state index in [-0.39, 0.29) is 0 Å². The van der Waals surface area contributed by atoms with Crippen molar-refractivity contribution >= 4 is 27.7 Å². The topological polar surface area (TPSA) is 48.0 Å². The van der Waals surface area contributed by atoms with Crippen molar-refractivity contribution in [3.8, 4) is 0 Å². The molecule has 1 heterocycles. The van der Waals surface area contributed by atoms with Crippen LogP contribution in [0, 0.1) is 17.8 Å². The molecule has 105 valence electrons. The number of hydrogen-bond acceptors (Lipinski definition) is 1. The second-order valence-corrected chi connectivity index (χ2v) is 5.68. The average Bonchev–Trinajstić information content (AvgIpc) is 3.23. The number of benzene rings is 2. The number of carbonyl (C=O) groups is 1. The van der Waals surface area contributed by atoms with E-state index in [2.05, 4.69) is 10.6 Å². The monoisotopic (exact) mass is 281 g/mol. The van der Waals surface area contributed by atoms with E-state index >= 15 is 0 Å². The van der Waals surface area contributed by atoms with Crippen LogP contribution in [0.15, 0.2) is 30.3 Å². The standard InChI is InChI=1S/C17H14FN2O/c18-11-6-7-14-13(8-11)16-12(17(19)21)2-1-3-15(16)20(14)9-10-4-5-10/h1-3,6-7,10H,4-5,9H2,(H2,19,21). The van der Waals surface area contributed by atoms with Gasteiger partial charge in [-0.1, -0.05) is 6.07 Å². The van der Waals surface area contributed by atoms with E-state index in [0.717, 1.165) is 17.6 Å². The minimum atomic E-state index is -0.497. The van der Waals surface area contributed by atoms with Gasteiger partial charge in [-0.05, 0) is 43.0 Å². The Morgan fingerprint density at radius 1 is 1.29 bits per heavy atom. The minimum Gasteiger partial charge on any atom is -0.366 e. The van der Waals surface area contributed by atoms with Crippen molar-refractivity contribution < 1.29 is 9.18 Å². The van der Waals surface area contributed by atoms with Crippen LogP contribution in [0.5, 0.6) is 0 Å². The first-order valence-electron chi connectivity index (χ1n) is 7.07. The van der Waals surface area contributed by atoms with Gasteiger partial charge >= 0.3 is 0 Å². The maximum absolute atomic E-state index is 13.6. The summed E-state index contributed by atoms with van der Waals surface area (Å²) in [6.07, 6.45) is 2.45. The van der Waals surface area contributed by atoms with E-state index in [0.29, 0.717) is 22.3 Å². The molecule has 1 aliphatic rings. The van der Waals surface area contributed by atoms with Crippen molar-refractivity contribution in [2.75, 3.05) is 0 Å². The number of nitrogens with two attached hydrogens (primary N) is 1. The molecule has 2 N–H and O–H groups in total. The first-order valence-corrected chi connectivity index (χ1v) is 7.07. The van der Waals surface area contributed by atoms with Gasteiger partial charge in [-0.15, -0.1) is 0 Å². The van der Waals surface area contributed by atoms with Crippen LogP contribution in [-0.4, -0.2) is 10.5 Å². The maximum atomic E-state index is 13.6. The second-order valence-electron chi connectivity index (χ2n) is 5.68. The summed E-state index contributed by atoms with van der Waals surface area (Å²) in [6, 6.07) is 11.4. The Kier molecular flexibility index (Phi) is 2.55. The molecule has 0 spiro atoms. The lowest BCUT2D eigenvalue weighted by atomic mass is 10.1. The van der Waals surface area contributed by atoms with Gasteiger partial charge in [0.2, 0.25) is 5.91 Å². The van der Waals surface area contributed by atoms with Gasteiger partial charge in [0.05, 0.1) is 0 Å². The van der Waals surface area contributed by atoms with Crippen LogP contribution in [0.2, 0.25) is 0 Å². The Balaban J connectivity index is 2.14. The summed E-state index contributed by atoms with van der Waals surface area (Å²) >= 11 is 0. The molecular weight excluding hydrogens is 267 g/mol. The minimum absolute atomic E-state index is 0.424. The first kappa shape index (κ1) is 12.4. The zero-order chi connectivity index (χ0) is 14.6. The van der Waals surface area contributed by atoms with Crippen LogP contribution in [-0.2, 0) is 6.54 Å². The number of nitrogens with zero attached hydrogens (tertiary/aromatic N) is 1. The summed E-state index contributed by atoms with van der Waals surface area (Å²) in [4.78, 5) is 11.7. The molecule has 4 heteroatoms. The molecule has 0 atom stereocenters. The molecule has 1 saturated carbocycles. The third-order valence-corrected chi connectivity index (χ3v) is 4.17. The van der Waals surface area contributed by atoms with Crippen LogP contribution in [0.4, 0.5) is 4.39 Å². The van der Waals surface area contributed by atoms with Gasteiger partial charge in [0, 0.05) is 40.0 Å². The predicted molar refractivity (Wildman–Crippen MR) is 79.5 cm³/mol. The number of amides is 1. The molecule has 1 aliphatic carbocycles. The molecule has 1 radical (unpaired) electrons. The number of primary amides is 1. The summed E-state index contributed by atoms with van der Waals surface area (Å²) in [7, 11) is 0. The second kappa shape index (κ2) is 4.32. The third-order valence-electron chi connectivity index (χ3n) is 4.17. The zero-order valence-corrected chi connectivity index (χ0v) is 11.4. The Morgan fingerprint density at radius 2 is 2.10 bits per heavy atom. The molecule has 3 aromatic rings. The van der Waals surface area contributed by atoms with Crippen molar-refractivity contribution in [1.82, 2.24) is 4.57 Å². The molecule has 1 amide bonds. The largest absolute Gasteiger partial charge is 0.366 e. The highest BCUT2D eigenvalue weighted by molar-refractivity contribution is 6.17. The average molecular weight is 281 g/mol. The molecule has 2 aromatic carbocycles. The first-order chi connectivity index (χ1) is 10.1. The van der Waals surface area contributed by atoms with Gasteiger partial charge in [0.15, 0.2) is 0 Å². The van der Waals surface area contributed by atoms with E-state index in [4.69, 9.17) is 5.73 Å². The van der Waals surface area contributed by atoms with Crippen LogP contribution in [0.25, 0.3) is 21.8 Å². The summed E-state index contributed by atoms with van der Waals surface area (Å²) in [5.41, 5.74) is 7.74. The quantitative estimate of drug-likeness (QED) is 0.787. The number of carbonyl (C=O) groups excluding carboxylic acids is 1. The third kappa shape index (κ3) is 1.90. The van der Waals surface area contributed by atoms with Gasteiger partial charge < -0.3 is 10.3 Å². The van der Waals surface area contributed by atoms with Crippen LogP contribution >= 0.6 is 0 Å². The smallest absolute Gasteiger partial charge is 0.249 e. The van der Waals surface area contributed by atoms with E-state index in [9.17, 15) is 9.18 Å². The number of halogens is 1. The van der Waals surface area contributed by atoms with Gasteiger partial charge in [0.25, 0.3) is 0 Å². The lowest BCUT2D eigenvalue weighted by molar-refractivity contribution is 0.100. The fourth-order valence-corrected chi connectivity index (χ4v) is 2.99. The van der Waals surface area contributed by atoms with Crippen molar-refractivity contribution in [2.24, 2.45) is 11.7 Å². The van der Waals surface area contributed by atoms with Crippen LogP contribution < -0.4 is 5.73 Å².